The summed E-state index contributed by atoms with van der Waals surface area (Å²) >= 11 is 0. The topological polar surface area (TPSA) is 52.0 Å². The molecule has 0 fully saturated rings. The standard InChI is InChI=1S/C8H11FN2/c9-4-7-3-6(5-10)1-2-8(7)11/h1-3H,4-5,10-11H2. The van der Waals surface area contributed by atoms with Gasteiger partial charge in [-0.25, -0.2) is 4.39 Å². The fourth-order valence-electron chi connectivity index (χ4n) is 0.902. The van der Waals surface area contributed by atoms with Crippen molar-refractivity contribution >= 4 is 5.69 Å². The molecule has 0 saturated heterocycles. The lowest BCUT2D eigenvalue weighted by molar-refractivity contribution is 0.486. The largest absolute Gasteiger partial charge is 0.398 e. The van der Waals surface area contributed by atoms with Crippen molar-refractivity contribution in [1.29, 1.82) is 0 Å². The molecule has 0 aliphatic rings. The summed E-state index contributed by atoms with van der Waals surface area (Å²) in [5.74, 6) is 0. The van der Waals surface area contributed by atoms with Gasteiger partial charge in [-0.3, -0.25) is 0 Å². The maximum atomic E-state index is 12.2. The zero-order chi connectivity index (χ0) is 8.27. The van der Waals surface area contributed by atoms with Crippen LogP contribution in [-0.4, -0.2) is 0 Å². The predicted octanol–water partition coefficient (Wildman–Crippen LogP) is 1.20. The Hall–Kier alpha value is -1.09. The van der Waals surface area contributed by atoms with E-state index in [1.54, 1.807) is 18.2 Å². The zero-order valence-corrected chi connectivity index (χ0v) is 6.18. The number of alkyl halides is 1. The smallest absolute Gasteiger partial charge is 0.117 e. The number of hydrogen-bond acceptors (Lipinski definition) is 2. The molecule has 1 aromatic rings. The van der Waals surface area contributed by atoms with E-state index in [1.165, 1.54) is 0 Å². The lowest BCUT2D eigenvalue weighted by atomic mass is 10.1. The average Bonchev–Trinajstić information content (AvgIpc) is 2.05. The predicted molar refractivity (Wildman–Crippen MR) is 43.6 cm³/mol. The third-order valence-electron chi connectivity index (χ3n) is 1.59. The van der Waals surface area contributed by atoms with Gasteiger partial charge in [0.1, 0.15) is 6.67 Å². The van der Waals surface area contributed by atoms with Crippen molar-refractivity contribution in [1.82, 2.24) is 0 Å². The summed E-state index contributed by atoms with van der Waals surface area (Å²) in [4.78, 5) is 0. The van der Waals surface area contributed by atoms with Gasteiger partial charge in [0.15, 0.2) is 0 Å². The third-order valence-corrected chi connectivity index (χ3v) is 1.59. The van der Waals surface area contributed by atoms with Crippen molar-refractivity contribution in [2.24, 2.45) is 5.73 Å². The van der Waals surface area contributed by atoms with Crippen LogP contribution in [0, 0.1) is 0 Å². The molecular formula is C8H11FN2. The summed E-state index contributed by atoms with van der Waals surface area (Å²) in [6.45, 7) is -0.104. The van der Waals surface area contributed by atoms with Gasteiger partial charge in [-0.05, 0) is 17.7 Å². The van der Waals surface area contributed by atoms with Crippen LogP contribution in [-0.2, 0) is 13.2 Å². The van der Waals surface area contributed by atoms with Gasteiger partial charge in [-0.15, -0.1) is 0 Å². The van der Waals surface area contributed by atoms with Gasteiger partial charge >= 0.3 is 0 Å². The van der Waals surface area contributed by atoms with E-state index < -0.39 is 6.67 Å². The monoisotopic (exact) mass is 154 g/mol. The van der Waals surface area contributed by atoms with Crippen LogP contribution in [0.4, 0.5) is 10.1 Å². The highest BCUT2D eigenvalue weighted by molar-refractivity contribution is 5.48. The van der Waals surface area contributed by atoms with Crippen LogP contribution in [0.2, 0.25) is 0 Å². The average molecular weight is 154 g/mol. The molecule has 1 aromatic carbocycles. The van der Waals surface area contributed by atoms with Gasteiger partial charge in [0, 0.05) is 17.8 Å². The highest BCUT2D eigenvalue weighted by Crippen LogP contribution is 2.14. The van der Waals surface area contributed by atoms with Crippen molar-refractivity contribution in [3.05, 3.63) is 29.3 Å². The molecule has 0 spiro atoms. The molecule has 11 heavy (non-hydrogen) atoms. The fourth-order valence-corrected chi connectivity index (χ4v) is 0.902. The first-order valence-corrected chi connectivity index (χ1v) is 3.41. The number of hydrogen-bond donors (Lipinski definition) is 2. The third kappa shape index (κ3) is 1.68. The van der Waals surface area contributed by atoms with Crippen LogP contribution in [0.25, 0.3) is 0 Å². The number of nitrogens with two attached hydrogens (primary N) is 2. The number of rotatable bonds is 2. The first kappa shape index (κ1) is 8.01. The van der Waals surface area contributed by atoms with Gasteiger partial charge in [-0.2, -0.15) is 0 Å². The molecule has 0 saturated carbocycles. The molecule has 0 aliphatic heterocycles. The SMILES string of the molecule is NCc1ccc(N)c(CF)c1. The summed E-state index contributed by atoms with van der Waals surface area (Å²) < 4.78 is 12.2. The van der Waals surface area contributed by atoms with Gasteiger partial charge in [0.05, 0.1) is 0 Å². The summed E-state index contributed by atoms with van der Waals surface area (Å²) in [5.41, 5.74) is 12.8. The highest BCUT2D eigenvalue weighted by Gasteiger charge is 1.98. The summed E-state index contributed by atoms with van der Waals surface area (Å²) in [6, 6.07) is 5.17. The number of nitrogen functional groups attached to an aromatic ring is 1. The van der Waals surface area contributed by atoms with Crippen LogP contribution in [0.3, 0.4) is 0 Å². The Labute approximate surface area is 65.0 Å². The second kappa shape index (κ2) is 3.34. The maximum Gasteiger partial charge on any atom is 0.117 e. The minimum Gasteiger partial charge on any atom is -0.398 e. The van der Waals surface area contributed by atoms with Gasteiger partial charge in [-0.1, -0.05) is 6.07 Å². The van der Waals surface area contributed by atoms with Gasteiger partial charge < -0.3 is 11.5 Å². The maximum absolute atomic E-state index is 12.2. The molecule has 60 valence electrons. The first-order chi connectivity index (χ1) is 5.27. The Morgan fingerprint density at radius 1 is 1.36 bits per heavy atom. The summed E-state index contributed by atoms with van der Waals surface area (Å²) in [5, 5.41) is 0. The first-order valence-electron chi connectivity index (χ1n) is 3.41. The van der Waals surface area contributed by atoms with E-state index >= 15 is 0 Å². The summed E-state index contributed by atoms with van der Waals surface area (Å²) in [6.07, 6.45) is 0. The molecule has 0 aliphatic carbocycles. The molecule has 0 bridgehead atoms. The van der Waals surface area contributed by atoms with E-state index in [1.807, 2.05) is 0 Å². The molecule has 3 heteroatoms. The Morgan fingerprint density at radius 3 is 2.64 bits per heavy atom. The lowest BCUT2D eigenvalue weighted by Gasteiger charge is -2.02. The molecule has 0 heterocycles. The highest BCUT2D eigenvalue weighted by atomic mass is 19.1. The Morgan fingerprint density at radius 2 is 2.09 bits per heavy atom. The van der Waals surface area contributed by atoms with Gasteiger partial charge in [0.25, 0.3) is 0 Å². The van der Waals surface area contributed by atoms with Crippen LogP contribution in [0.5, 0.6) is 0 Å². The van der Waals surface area contributed by atoms with Crippen LogP contribution < -0.4 is 11.5 Å². The zero-order valence-electron chi connectivity index (χ0n) is 6.18. The molecule has 2 nitrogen and oxygen atoms in total. The van der Waals surface area contributed by atoms with Crippen molar-refractivity contribution in [2.75, 3.05) is 5.73 Å². The second-order valence-corrected chi connectivity index (χ2v) is 2.37. The minimum absolute atomic E-state index is 0.424. The van der Waals surface area contributed by atoms with E-state index in [-0.39, 0.29) is 0 Å². The molecule has 0 amide bonds. The van der Waals surface area contributed by atoms with Crippen molar-refractivity contribution in [2.45, 2.75) is 13.2 Å². The van der Waals surface area contributed by atoms with Crippen molar-refractivity contribution in [3.8, 4) is 0 Å². The molecule has 0 aromatic heterocycles. The normalized spacial score (nSPS) is 10.0. The molecule has 1 rings (SSSR count). The quantitative estimate of drug-likeness (QED) is 0.629. The van der Waals surface area contributed by atoms with Crippen molar-refractivity contribution < 1.29 is 4.39 Å². The lowest BCUT2D eigenvalue weighted by Crippen LogP contribution is -1.99. The number of benzene rings is 1. The van der Waals surface area contributed by atoms with E-state index in [0.717, 1.165) is 5.56 Å². The summed E-state index contributed by atoms with van der Waals surface area (Å²) in [7, 11) is 0. The van der Waals surface area contributed by atoms with E-state index in [9.17, 15) is 4.39 Å². The van der Waals surface area contributed by atoms with Crippen molar-refractivity contribution in [3.63, 3.8) is 0 Å². The molecule has 0 radical (unpaired) electrons. The molecule has 0 atom stereocenters. The Balaban J connectivity index is 3.02. The van der Waals surface area contributed by atoms with E-state index in [4.69, 9.17) is 11.5 Å². The van der Waals surface area contributed by atoms with Crippen LogP contribution in [0.1, 0.15) is 11.1 Å². The second-order valence-electron chi connectivity index (χ2n) is 2.37. The molecule has 0 unspecified atom stereocenters. The van der Waals surface area contributed by atoms with Gasteiger partial charge in [0.2, 0.25) is 0 Å². The Kier molecular flexibility index (Phi) is 2.44. The Bertz CT molecular complexity index is 248. The van der Waals surface area contributed by atoms with Crippen LogP contribution in [0.15, 0.2) is 18.2 Å². The van der Waals surface area contributed by atoms with E-state index in [2.05, 4.69) is 0 Å². The van der Waals surface area contributed by atoms with E-state index in [0.29, 0.717) is 17.8 Å². The fraction of sp³-hybridized carbons (Fsp3) is 0.250. The number of anilines is 1. The van der Waals surface area contributed by atoms with Crippen LogP contribution >= 0.6 is 0 Å². The molecule has 4 N–H and O–H groups in total. The molecular weight excluding hydrogens is 143 g/mol. The number of halogens is 1. The minimum atomic E-state index is -0.528.